The van der Waals surface area contributed by atoms with Crippen LogP contribution in [0.4, 0.5) is 4.79 Å². The summed E-state index contributed by atoms with van der Waals surface area (Å²) in [5.41, 5.74) is -0.577. The summed E-state index contributed by atoms with van der Waals surface area (Å²) in [5, 5.41) is 2.47. The van der Waals surface area contributed by atoms with Crippen LogP contribution in [-0.4, -0.2) is 23.7 Å². The van der Waals surface area contributed by atoms with Crippen LogP contribution in [0.5, 0.6) is 0 Å². The zero-order chi connectivity index (χ0) is 12.3. The van der Waals surface area contributed by atoms with Gasteiger partial charge in [-0.15, -0.1) is 0 Å². The summed E-state index contributed by atoms with van der Waals surface area (Å²) >= 11 is 0. The zero-order valence-electron chi connectivity index (χ0n) is 9.83. The van der Waals surface area contributed by atoms with E-state index in [2.05, 4.69) is 11.9 Å². The number of nitrogens with one attached hydrogen (secondary N) is 1. The summed E-state index contributed by atoms with van der Waals surface area (Å²) in [6.07, 6.45) is 0.449. The van der Waals surface area contributed by atoms with Gasteiger partial charge in [0, 0.05) is 6.42 Å². The second kappa shape index (κ2) is 4.55. The summed E-state index contributed by atoms with van der Waals surface area (Å²) in [7, 11) is 0. The molecule has 1 unspecified atom stereocenters. The number of amides is 1. The molecule has 0 saturated carbocycles. The van der Waals surface area contributed by atoms with Gasteiger partial charge in [-0.2, -0.15) is 0 Å². The Morgan fingerprint density at radius 3 is 2.69 bits per heavy atom. The second-order valence-corrected chi connectivity index (χ2v) is 4.70. The molecule has 0 radical (unpaired) electrons. The summed E-state index contributed by atoms with van der Waals surface area (Å²) in [5.74, 6) is -0.0469. The average Bonchev–Trinajstić information content (AvgIpc) is 2.06. The van der Waals surface area contributed by atoms with Gasteiger partial charge in [0.25, 0.3) is 0 Å². The molecular weight excluding hydrogens is 210 g/mol. The molecular formula is C11H17NO4. The van der Waals surface area contributed by atoms with Crippen molar-refractivity contribution >= 4 is 12.1 Å². The van der Waals surface area contributed by atoms with E-state index < -0.39 is 23.7 Å². The van der Waals surface area contributed by atoms with Crippen LogP contribution in [0, 0.1) is 0 Å². The number of alkyl carbamates (subject to hydrolysis) is 1. The fourth-order valence-electron chi connectivity index (χ4n) is 1.27. The molecule has 1 rings (SSSR count). The number of ether oxygens (including phenoxy) is 2. The lowest BCUT2D eigenvalue weighted by Crippen LogP contribution is -2.45. The van der Waals surface area contributed by atoms with Gasteiger partial charge in [-0.1, -0.05) is 6.58 Å². The quantitative estimate of drug-likeness (QED) is 0.693. The Hall–Kier alpha value is -1.52. The molecule has 5 heteroatoms. The first-order valence-corrected chi connectivity index (χ1v) is 5.17. The highest BCUT2D eigenvalue weighted by atomic mass is 16.6. The number of rotatable bonds is 1. The maximum absolute atomic E-state index is 11.4. The fraction of sp³-hybridized carbons (Fsp3) is 0.636. The molecule has 0 aromatic heterocycles. The van der Waals surface area contributed by atoms with Crippen LogP contribution >= 0.6 is 0 Å². The van der Waals surface area contributed by atoms with Gasteiger partial charge in [0.2, 0.25) is 0 Å². The predicted molar refractivity (Wildman–Crippen MR) is 57.6 cm³/mol. The minimum atomic E-state index is -0.639. The summed E-state index contributed by atoms with van der Waals surface area (Å²) < 4.78 is 9.86. The summed E-state index contributed by atoms with van der Waals surface area (Å²) in [6.45, 7) is 8.82. The van der Waals surface area contributed by atoms with Gasteiger partial charge in [-0.3, -0.25) is 0 Å². The Balaban J connectivity index is 2.45. The molecule has 0 spiro atoms. The first kappa shape index (κ1) is 12.5. The number of hydrogen-bond donors (Lipinski definition) is 1. The van der Waals surface area contributed by atoms with E-state index >= 15 is 0 Å². The highest BCUT2D eigenvalue weighted by Gasteiger charge is 2.29. The molecule has 1 amide bonds. The van der Waals surface area contributed by atoms with Crippen molar-refractivity contribution in [3.63, 3.8) is 0 Å². The van der Waals surface area contributed by atoms with Crippen molar-refractivity contribution < 1.29 is 19.1 Å². The van der Waals surface area contributed by atoms with Crippen LogP contribution < -0.4 is 5.32 Å². The molecule has 1 aliphatic rings. The zero-order valence-corrected chi connectivity index (χ0v) is 9.83. The Morgan fingerprint density at radius 2 is 2.19 bits per heavy atom. The third-order valence-corrected chi connectivity index (χ3v) is 1.93. The number of carbonyl (C=O) groups is 2. The molecule has 1 heterocycles. The van der Waals surface area contributed by atoms with E-state index in [9.17, 15) is 9.59 Å². The molecule has 1 aliphatic heterocycles. The van der Waals surface area contributed by atoms with Gasteiger partial charge < -0.3 is 14.8 Å². The molecule has 1 fully saturated rings. The predicted octanol–water partition coefficient (Wildman–Crippen LogP) is 1.73. The van der Waals surface area contributed by atoms with Crippen molar-refractivity contribution in [2.24, 2.45) is 0 Å². The Labute approximate surface area is 94.8 Å². The SMILES string of the molecule is C=C1CCC(NC(=O)OC(C)(C)C)C(=O)O1. The first-order chi connectivity index (χ1) is 7.28. The number of carbonyl (C=O) groups excluding carboxylic acids is 2. The molecule has 1 atom stereocenters. The molecule has 0 aromatic carbocycles. The van der Waals surface area contributed by atoms with E-state index in [-0.39, 0.29) is 0 Å². The van der Waals surface area contributed by atoms with Gasteiger partial charge in [0.05, 0.1) is 0 Å². The summed E-state index contributed by atoms with van der Waals surface area (Å²) in [6, 6.07) is -0.639. The highest BCUT2D eigenvalue weighted by Crippen LogP contribution is 2.16. The van der Waals surface area contributed by atoms with Crippen LogP contribution in [0.2, 0.25) is 0 Å². The molecule has 0 bridgehead atoms. The largest absolute Gasteiger partial charge is 0.444 e. The van der Waals surface area contributed by atoms with Crippen LogP contribution in [0.25, 0.3) is 0 Å². The van der Waals surface area contributed by atoms with Gasteiger partial charge >= 0.3 is 12.1 Å². The lowest BCUT2D eigenvalue weighted by molar-refractivity contribution is -0.144. The molecule has 5 nitrogen and oxygen atoms in total. The normalized spacial score (nSPS) is 21.3. The lowest BCUT2D eigenvalue weighted by atomic mass is 10.1. The molecule has 16 heavy (non-hydrogen) atoms. The van der Waals surface area contributed by atoms with Crippen molar-refractivity contribution in [3.05, 3.63) is 12.3 Å². The highest BCUT2D eigenvalue weighted by molar-refractivity contribution is 5.82. The molecule has 0 aliphatic carbocycles. The first-order valence-electron chi connectivity index (χ1n) is 5.17. The van der Waals surface area contributed by atoms with Gasteiger partial charge in [-0.25, -0.2) is 9.59 Å². The maximum atomic E-state index is 11.4. The fourth-order valence-corrected chi connectivity index (χ4v) is 1.27. The van der Waals surface area contributed by atoms with Crippen LogP contribution in [0.1, 0.15) is 33.6 Å². The van der Waals surface area contributed by atoms with E-state index in [1.807, 2.05) is 0 Å². The van der Waals surface area contributed by atoms with Crippen molar-refractivity contribution in [1.82, 2.24) is 5.32 Å². The van der Waals surface area contributed by atoms with Gasteiger partial charge in [-0.05, 0) is 27.2 Å². The van der Waals surface area contributed by atoms with Crippen molar-refractivity contribution in [2.75, 3.05) is 0 Å². The molecule has 1 N–H and O–H groups in total. The number of hydrogen-bond acceptors (Lipinski definition) is 4. The Kier molecular flexibility index (Phi) is 3.57. The Morgan fingerprint density at radius 1 is 1.56 bits per heavy atom. The third-order valence-electron chi connectivity index (χ3n) is 1.93. The van der Waals surface area contributed by atoms with Crippen LogP contribution in [0.3, 0.4) is 0 Å². The Bertz CT molecular complexity index is 316. The molecule has 1 saturated heterocycles. The smallest absolute Gasteiger partial charge is 0.408 e. The van der Waals surface area contributed by atoms with Gasteiger partial charge in [0.15, 0.2) is 0 Å². The van der Waals surface area contributed by atoms with E-state index in [1.165, 1.54) is 0 Å². The number of cyclic esters (lactones) is 1. The number of esters is 1. The van der Waals surface area contributed by atoms with Crippen LogP contribution in [0.15, 0.2) is 12.3 Å². The minimum absolute atomic E-state index is 0.437. The van der Waals surface area contributed by atoms with E-state index in [0.717, 1.165) is 0 Å². The second-order valence-electron chi connectivity index (χ2n) is 4.70. The van der Waals surface area contributed by atoms with Gasteiger partial charge in [0.1, 0.15) is 17.4 Å². The van der Waals surface area contributed by atoms with Crippen molar-refractivity contribution in [1.29, 1.82) is 0 Å². The molecule has 90 valence electrons. The lowest BCUT2D eigenvalue weighted by Gasteiger charge is -2.25. The van der Waals surface area contributed by atoms with E-state index in [1.54, 1.807) is 20.8 Å². The molecule has 0 aromatic rings. The topological polar surface area (TPSA) is 64.6 Å². The maximum Gasteiger partial charge on any atom is 0.408 e. The average molecular weight is 227 g/mol. The standard InChI is InChI=1S/C11H17NO4/c1-7-5-6-8(9(13)15-7)12-10(14)16-11(2,3)4/h8H,1,5-6H2,2-4H3,(H,12,14). The van der Waals surface area contributed by atoms with Crippen molar-refractivity contribution in [3.8, 4) is 0 Å². The van der Waals surface area contributed by atoms with Crippen LogP contribution in [-0.2, 0) is 14.3 Å². The van der Waals surface area contributed by atoms with E-state index in [4.69, 9.17) is 9.47 Å². The number of allylic oxidation sites excluding steroid dienone is 1. The third kappa shape index (κ3) is 3.92. The van der Waals surface area contributed by atoms with Crippen molar-refractivity contribution in [2.45, 2.75) is 45.3 Å². The monoisotopic (exact) mass is 227 g/mol. The summed E-state index contributed by atoms with van der Waals surface area (Å²) in [4.78, 5) is 22.7. The minimum Gasteiger partial charge on any atom is -0.444 e. The van der Waals surface area contributed by atoms with E-state index in [0.29, 0.717) is 18.6 Å².